The van der Waals surface area contributed by atoms with Gasteiger partial charge in [-0.2, -0.15) is 0 Å². The Balaban J connectivity index is 2.10. The van der Waals surface area contributed by atoms with E-state index in [0.717, 1.165) is 16.9 Å². The highest BCUT2D eigenvalue weighted by atomic mass is 35.5. The minimum atomic E-state index is -0.00676. The number of amidine groups is 1. The molecule has 2 aromatic rings. The molecule has 0 spiro atoms. The lowest BCUT2D eigenvalue weighted by atomic mass is 10.1. The molecule has 0 atom stereocenters. The van der Waals surface area contributed by atoms with Crippen molar-refractivity contribution in [3.8, 4) is 5.75 Å². The smallest absolute Gasteiger partial charge is 0.122 e. The summed E-state index contributed by atoms with van der Waals surface area (Å²) in [6.45, 7) is 2.27. The van der Waals surface area contributed by atoms with Gasteiger partial charge in [0.05, 0.1) is 0 Å². The summed E-state index contributed by atoms with van der Waals surface area (Å²) in [6, 6.07) is 10.7. The first-order valence-corrected chi connectivity index (χ1v) is 6.74. The maximum Gasteiger partial charge on any atom is 0.122 e. The van der Waals surface area contributed by atoms with Crippen LogP contribution in [0.3, 0.4) is 0 Å². The van der Waals surface area contributed by atoms with Crippen LogP contribution in [0.4, 0.5) is 0 Å². The number of benzene rings is 2. The van der Waals surface area contributed by atoms with Crippen molar-refractivity contribution >= 4 is 29.0 Å². The highest BCUT2D eigenvalue weighted by Gasteiger charge is 2.05. The third-order valence-corrected chi connectivity index (χ3v) is 3.66. The Bertz CT molecular complexity index is 656. The lowest BCUT2D eigenvalue weighted by molar-refractivity contribution is 0.306. The molecule has 0 saturated heterocycles. The van der Waals surface area contributed by atoms with E-state index in [4.69, 9.17) is 39.1 Å². The lowest BCUT2D eigenvalue weighted by Crippen LogP contribution is -2.11. The molecular weight excluding hydrogens is 295 g/mol. The number of nitrogen functional groups attached to an aromatic ring is 1. The fraction of sp³-hybridized carbons (Fsp3) is 0.133. The van der Waals surface area contributed by atoms with Gasteiger partial charge in [-0.3, -0.25) is 5.41 Å². The van der Waals surface area contributed by atoms with Gasteiger partial charge in [0, 0.05) is 21.2 Å². The van der Waals surface area contributed by atoms with Crippen LogP contribution in [0.2, 0.25) is 10.0 Å². The quantitative estimate of drug-likeness (QED) is 0.658. The molecule has 0 radical (unpaired) electrons. The van der Waals surface area contributed by atoms with Crippen LogP contribution in [-0.4, -0.2) is 5.84 Å². The highest BCUT2D eigenvalue weighted by molar-refractivity contribution is 6.32. The Labute approximate surface area is 127 Å². The first-order valence-electron chi connectivity index (χ1n) is 5.99. The van der Waals surface area contributed by atoms with Gasteiger partial charge in [0.2, 0.25) is 0 Å². The van der Waals surface area contributed by atoms with Crippen LogP contribution < -0.4 is 10.5 Å². The summed E-state index contributed by atoms with van der Waals surface area (Å²) < 4.78 is 5.68. The lowest BCUT2D eigenvalue weighted by Gasteiger charge is -2.10. The molecule has 0 fully saturated rings. The second kappa shape index (κ2) is 6.16. The fourth-order valence-electron chi connectivity index (χ4n) is 1.70. The largest absolute Gasteiger partial charge is 0.489 e. The van der Waals surface area contributed by atoms with Crippen molar-refractivity contribution < 1.29 is 4.74 Å². The number of halogens is 2. The Morgan fingerprint density at radius 2 is 1.90 bits per heavy atom. The minimum absolute atomic E-state index is 0.00676. The van der Waals surface area contributed by atoms with E-state index in [0.29, 0.717) is 22.2 Å². The molecule has 3 N–H and O–H groups in total. The molecule has 2 aromatic carbocycles. The Kier molecular flexibility index (Phi) is 4.53. The molecule has 0 aliphatic heterocycles. The van der Waals surface area contributed by atoms with Gasteiger partial charge in [-0.05, 0) is 36.8 Å². The van der Waals surface area contributed by atoms with Gasteiger partial charge in [-0.25, -0.2) is 0 Å². The second-order valence-corrected chi connectivity index (χ2v) is 5.23. The van der Waals surface area contributed by atoms with Gasteiger partial charge in [0.15, 0.2) is 0 Å². The molecule has 5 heteroatoms. The van der Waals surface area contributed by atoms with E-state index >= 15 is 0 Å². The van der Waals surface area contributed by atoms with Gasteiger partial charge in [0.1, 0.15) is 18.2 Å². The molecule has 104 valence electrons. The molecule has 0 unspecified atom stereocenters. The van der Waals surface area contributed by atoms with Crippen LogP contribution in [-0.2, 0) is 6.61 Å². The zero-order chi connectivity index (χ0) is 14.7. The van der Waals surface area contributed by atoms with E-state index in [1.807, 2.05) is 25.1 Å². The van der Waals surface area contributed by atoms with Crippen LogP contribution >= 0.6 is 23.2 Å². The first-order chi connectivity index (χ1) is 9.47. The predicted octanol–water partition coefficient (Wildman–Crippen LogP) is 4.16. The number of aryl methyl sites for hydroxylation is 1. The standard InChI is InChI=1S/C15H14Cl2N2O/c1-9-6-12(4-5-13(9)16)20-8-11-3-2-10(15(18)19)7-14(11)17/h2-7H,8H2,1H3,(H3,18,19). The third kappa shape index (κ3) is 3.44. The Morgan fingerprint density at radius 3 is 2.50 bits per heavy atom. The predicted molar refractivity (Wildman–Crippen MR) is 83.0 cm³/mol. The van der Waals surface area contributed by atoms with E-state index in [1.54, 1.807) is 18.2 Å². The monoisotopic (exact) mass is 308 g/mol. The minimum Gasteiger partial charge on any atom is -0.489 e. The van der Waals surface area contributed by atoms with Crippen molar-refractivity contribution in [3.05, 3.63) is 63.1 Å². The molecule has 0 bridgehead atoms. The molecular formula is C15H14Cl2N2O. The summed E-state index contributed by atoms with van der Waals surface area (Å²) in [5, 5.41) is 8.60. The Morgan fingerprint density at radius 1 is 1.15 bits per heavy atom. The average molecular weight is 309 g/mol. The summed E-state index contributed by atoms with van der Waals surface area (Å²) >= 11 is 12.1. The van der Waals surface area contributed by atoms with Gasteiger partial charge < -0.3 is 10.5 Å². The van der Waals surface area contributed by atoms with Crippen molar-refractivity contribution in [2.24, 2.45) is 5.73 Å². The van der Waals surface area contributed by atoms with Crippen molar-refractivity contribution in [1.82, 2.24) is 0 Å². The number of hydrogen-bond acceptors (Lipinski definition) is 2. The molecule has 2 rings (SSSR count). The van der Waals surface area contributed by atoms with Crippen LogP contribution in [0.5, 0.6) is 5.75 Å². The van der Waals surface area contributed by atoms with Crippen LogP contribution in [0.1, 0.15) is 16.7 Å². The molecule has 0 saturated carbocycles. The maximum absolute atomic E-state index is 7.36. The number of nitrogens with one attached hydrogen (secondary N) is 1. The number of rotatable bonds is 4. The average Bonchev–Trinajstić information content (AvgIpc) is 2.41. The van der Waals surface area contributed by atoms with Gasteiger partial charge in [-0.1, -0.05) is 35.3 Å². The van der Waals surface area contributed by atoms with Gasteiger partial charge in [-0.15, -0.1) is 0 Å². The van der Waals surface area contributed by atoms with E-state index in [1.165, 1.54) is 0 Å². The molecule has 3 nitrogen and oxygen atoms in total. The summed E-state index contributed by atoms with van der Waals surface area (Å²) in [5.41, 5.74) is 7.81. The van der Waals surface area contributed by atoms with Crippen molar-refractivity contribution in [3.63, 3.8) is 0 Å². The Hall–Kier alpha value is -1.71. The summed E-state index contributed by atoms with van der Waals surface area (Å²) in [4.78, 5) is 0. The van der Waals surface area contributed by atoms with Gasteiger partial charge in [0.25, 0.3) is 0 Å². The van der Waals surface area contributed by atoms with Gasteiger partial charge >= 0.3 is 0 Å². The van der Waals surface area contributed by atoms with Crippen LogP contribution in [0.25, 0.3) is 0 Å². The fourth-order valence-corrected chi connectivity index (χ4v) is 2.05. The normalized spacial score (nSPS) is 10.3. The number of ether oxygens (including phenoxy) is 1. The molecule has 0 aromatic heterocycles. The third-order valence-electron chi connectivity index (χ3n) is 2.89. The first kappa shape index (κ1) is 14.7. The van der Waals surface area contributed by atoms with E-state index in [-0.39, 0.29) is 5.84 Å². The second-order valence-electron chi connectivity index (χ2n) is 4.42. The highest BCUT2D eigenvalue weighted by Crippen LogP contribution is 2.23. The molecule has 0 amide bonds. The topological polar surface area (TPSA) is 59.1 Å². The van der Waals surface area contributed by atoms with E-state index < -0.39 is 0 Å². The molecule has 0 heterocycles. The summed E-state index contributed by atoms with van der Waals surface area (Å²) in [7, 11) is 0. The maximum atomic E-state index is 7.36. The molecule has 0 aliphatic rings. The summed E-state index contributed by atoms with van der Waals surface area (Å²) in [5.74, 6) is 0.728. The van der Waals surface area contributed by atoms with Crippen LogP contribution in [0.15, 0.2) is 36.4 Å². The zero-order valence-electron chi connectivity index (χ0n) is 10.9. The zero-order valence-corrected chi connectivity index (χ0v) is 12.4. The van der Waals surface area contributed by atoms with E-state index in [2.05, 4.69) is 0 Å². The summed E-state index contributed by atoms with van der Waals surface area (Å²) in [6.07, 6.45) is 0. The number of hydrogen-bond donors (Lipinski definition) is 2. The van der Waals surface area contributed by atoms with Crippen molar-refractivity contribution in [2.75, 3.05) is 0 Å². The van der Waals surface area contributed by atoms with Crippen molar-refractivity contribution in [1.29, 1.82) is 5.41 Å². The number of nitrogens with two attached hydrogens (primary N) is 1. The SMILES string of the molecule is Cc1cc(OCc2ccc(C(=N)N)cc2Cl)ccc1Cl. The van der Waals surface area contributed by atoms with Crippen molar-refractivity contribution in [2.45, 2.75) is 13.5 Å². The molecule has 0 aliphatic carbocycles. The molecule has 20 heavy (non-hydrogen) atoms. The van der Waals surface area contributed by atoms with Crippen LogP contribution in [0, 0.1) is 12.3 Å². The van der Waals surface area contributed by atoms with E-state index in [9.17, 15) is 0 Å².